The standard InChI is InChI=1S/C10H14FNO2/c11-9-7-8(3-4-10(9)12)14-6-2-1-5-13/h3-4,7,13H,1-2,5-6,12H2. The Labute approximate surface area is 82.3 Å². The highest BCUT2D eigenvalue weighted by Crippen LogP contribution is 2.17. The summed E-state index contributed by atoms with van der Waals surface area (Å²) >= 11 is 0. The van der Waals surface area contributed by atoms with Gasteiger partial charge in [0.05, 0.1) is 12.3 Å². The van der Waals surface area contributed by atoms with Crippen molar-refractivity contribution in [1.29, 1.82) is 0 Å². The molecule has 0 radical (unpaired) electrons. The number of hydrogen-bond donors (Lipinski definition) is 2. The average molecular weight is 199 g/mol. The van der Waals surface area contributed by atoms with Gasteiger partial charge in [0.15, 0.2) is 0 Å². The number of rotatable bonds is 5. The second kappa shape index (κ2) is 5.44. The van der Waals surface area contributed by atoms with E-state index in [1.165, 1.54) is 12.1 Å². The predicted octanol–water partition coefficient (Wildman–Crippen LogP) is 1.56. The van der Waals surface area contributed by atoms with Gasteiger partial charge in [-0.25, -0.2) is 4.39 Å². The largest absolute Gasteiger partial charge is 0.493 e. The Kier molecular flexibility index (Phi) is 4.19. The van der Waals surface area contributed by atoms with Crippen molar-refractivity contribution in [2.45, 2.75) is 12.8 Å². The minimum absolute atomic E-state index is 0.118. The first-order valence-electron chi connectivity index (χ1n) is 4.52. The molecule has 0 unspecified atom stereocenters. The van der Waals surface area contributed by atoms with Crippen molar-refractivity contribution in [2.24, 2.45) is 0 Å². The quantitative estimate of drug-likeness (QED) is 0.559. The van der Waals surface area contributed by atoms with Crippen molar-refractivity contribution in [2.75, 3.05) is 18.9 Å². The first-order valence-corrected chi connectivity index (χ1v) is 4.52. The first-order chi connectivity index (χ1) is 6.74. The minimum atomic E-state index is -0.468. The normalized spacial score (nSPS) is 10.1. The Morgan fingerprint density at radius 1 is 1.36 bits per heavy atom. The topological polar surface area (TPSA) is 55.5 Å². The molecule has 3 nitrogen and oxygen atoms in total. The Morgan fingerprint density at radius 2 is 2.14 bits per heavy atom. The Balaban J connectivity index is 2.39. The lowest BCUT2D eigenvalue weighted by molar-refractivity contribution is 0.253. The van der Waals surface area contributed by atoms with Crippen LogP contribution >= 0.6 is 0 Å². The summed E-state index contributed by atoms with van der Waals surface area (Å²) in [7, 11) is 0. The monoisotopic (exact) mass is 199 g/mol. The van der Waals surface area contributed by atoms with E-state index in [1.54, 1.807) is 6.07 Å². The molecule has 1 rings (SSSR count). The van der Waals surface area contributed by atoms with E-state index in [4.69, 9.17) is 15.6 Å². The molecule has 14 heavy (non-hydrogen) atoms. The highest BCUT2D eigenvalue weighted by molar-refractivity contribution is 5.43. The molecular weight excluding hydrogens is 185 g/mol. The van der Waals surface area contributed by atoms with E-state index in [0.29, 0.717) is 18.8 Å². The first kappa shape index (κ1) is 10.8. The average Bonchev–Trinajstić information content (AvgIpc) is 2.18. The third kappa shape index (κ3) is 3.22. The number of hydrogen-bond acceptors (Lipinski definition) is 3. The van der Waals surface area contributed by atoms with Crippen LogP contribution in [0.15, 0.2) is 18.2 Å². The van der Waals surface area contributed by atoms with Crippen molar-refractivity contribution in [3.63, 3.8) is 0 Å². The van der Waals surface area contributed by atoms with Gasteiger partial charge in [0.25, 0.3) is 0 Å². The van der Waals surface area contributed by atoms with Gasteiger partial charge in [-0.2, -0.15) is 0 Å². The number of nitrogens with two attached hydrogens (primary N) is 1. The molecule has 1 aromatic carbocycles. The van der Waals surface area contributed by atoms with Crippen molar-refractivity contribution in [3.8, 4) is 5.75 Å². The smallest absolute Gasteiger partial charge is 0.149 e. The molecule has 0 atom stereocenters. The van der Waals surface area contributed by atoms with Gasteiger partial charge < -0.3 is 15.6 Å². The van der Waals surface area contributed by atoms with Gasteiger partial charge >= 0.3 is 0 Å². The summed E-state index contributed by atoms with van der Waals surface area (Å²) in [6.45, 7) is 0.628. The number of unbranched alkanes of at least 4 members (excludes halogenated alkanes) is 1. The number of aliphatic hydroxyl groups is 1. The molecule has 0 aromatic heterocycles. The van der Waals surface area contributed by atoms with Crippen LogP contribution < -0.4 is 10.5 Å². The lowest BCUT2D eigenvalue weighted by atomic mass is 10.3. The summed E-state index contributed by atoms with van der Waals surface area (Å²) in [6, 6.07) is 4.35. The van der Waals surface area contributed by atoms with Gasteiger partial charge in [0.2, 0.25) is 0 Å². The fourth-order valence-electron chi connectivity index (χ4n) is 1.00. The molecule has 0 amide bonds. The molecule has 3 N–H and O–H groups in total. The molecule has 0 fully saturated rings. The van der Waals surface area contributed by atoms with Crippen LogP contribution in [0.4, 0.5) is 10.1 Å². The zero-order valence-electron chi connectivity index (χ0n) is 7.87. The van der Waals surface area contributed by atoms with E-state index in [0.717, 1.165) is 6.42 Å². The van der Waals surface area contributed by atoms with Crippen molar-refractivity contribution >= 4 is 5.69 Å². The van der Waals surface area contributed by atoms with Crippen LogP contribution in [-0.2, 0) is 0 Å². The Bertz CT molecular complexity index is 291. The zero-order chi connectivity index (χ0) is 10.4. The van der Waals surface area contributed by atoms with Gasteiger partial charge in [-0.3, -0.25) is 0 Å². The number of nitrogen functional groups attached to an aromatic ring is 1. The maximum Gasteiger partial charge on any atom is 0.149 e. The summed E-state index contributed by atoms with van der Waals surface area (Å²) in [4.78, 5) is 0. The number of halogens is 1. The third-order valence-corrected chi connectivity index (χ3v) is 1.79. The van der Waals surface area contributed by atoms with Crippen LogP contribution in [-0.4, -0.2) is 18.3 Å². The number of anilines is 1. The molecule has 78 valence electrons. The van der Waals surface area contributed by atoms with E-state index < -0.39 is 5.82 Å². The van der Waals surface area contributed by atoms with E-state index in [-0.39, 0.29) is 12.3 Å². The van der Waals surface area contributed by atoms with E-state index in [9.17, 15) is 4.39 Å². The maximum absolute atomic E-state index is 12.9. The minimum Gasteiger partial charge on any atom is -0.493 e. The number of aliphatic hydroxyl groups excluding tert-OH is 1. The zero-order valence-corrected chi connectivity index (χ0v) is 7.87. The lowest BCUT2D eigenvalue weighted by Crippen LogP contribution is -1.99. The maximum atomic E-state index is 12.9. The van der Waals surface area contributed by atoms with E-state index in [2.05, 4.69) is 0 Å². The molecule has 0 aliphatic rings. The second-order valence-corrected chi connectivity index (χ2v) is 2.96. The summed E-state index contributed by atoms with van der Waals surface area (Å²) in [6.07, 6.45) is 1.44. The lowest BCUT2D eigenvalue weighted by Gasteiger charge is -2.06. The summed E-state index contributed by atoms with van der Waals surface area (Å²) < 4.78 is 18.1. The van der Waals surface area contributed by atoms with Crippen LogP contribution in [0.5, 0.6) is 5.75 Å². The third-order valence-electron chi connectivity index (χ3n) is 1.79. The van der Waals surface area contributed by atoms with E-state index >= 15 is 0 Å². The molecule has 0 saturated heterocycles. The molecule has 4 heteroatoms. The van der Waals surface area contributed by atoms with Gasteiger partial charge in [-0.1, -0.05) is 0 Å². The highest BCUT2D eigenvalue weighted by Gasteiger charge is 2.00. The summed E-state index contributed by atoms with van der Waals surface area (Å²) in [5.41, 5.74) is 5.42. The fraction of sp³-hybridized carbons (Fsp3) is 0.400. The van der Waals surface area contributed by atoms with Crippen molar-refractivity contribution in [1.82, 2.24) is 0 Å². The van der Waals surface area contributed by atoms with Crippen LogP contribution in [0, 0.1) is 5.82 Å². The number of benzene rings is 1. The van der Waals surface area contributed by atoms with E-state index in [1.807, 2.05) is 0 Å². The molecule has 0 spiro atoms. The Hall–Kier alpha value is -1.29. The highest BCUT2D eigenvalue weighted by atomic mass is 19.1. The molecule has 0 aliphatic carbocycles. The Morgan fingerprint density at radius 3 is 2.79 bits per heavy atom. The number of ether oxygens (including phenoxy) is 1. The SMILES string of the molecule is Nc1ccc(OCCCCO)cc1F. The van der Waals surface area contributed by atoms with Crippen LogP contribution in [0.2, 0.25) is 0 Å². The second-order valence-electron chi connectivity index (χ2n) is 2.96. The molecule has 1 aromatic rings. The van der Waals surface area contributed by atoms with Gasteiger partial charge in [-0.05, 0) is 25.0 Å². The van der Waals surface area contributed by atoms with Crippen LogP contribution in [0.3, 0.4) is 0 Å². The predicted molar refractivity (Wildman–Crippen MR) is 52.6 cm³/mol. The van der Waals surface area contributed by atoms with Crippen molar-refractivity contribution in [3.05, 3.63) is 24.0 Å². The summed E-state index contributed by atoms with van der Waals surface area (Å²) in [5, 5.41) is 8.51. The van der Waals surface area contributed by atoms with Crippen LogP contribution in [0.1, 0.15) is 12.8 Å². The molecular formula is C10H14FNO2. The molecule has 0 aliphatic heterocycles. The molecule has 0 bridgehead atoms. The van der Waals surface area contributed by atoms with Crippen molar-refractivity contribution < 1.29 is 14.2 Å². The fourth-order valence-corrected chi connectivity index (χ4v) is 1.00. The molecule has 0 saturated carbocycles. The van der Waals surface area contributed by atoms with Gasteiger partial charge in [0.1, 0.15) is 11.6 Å². The van der Waals surface area contributed by atoms with Gasteiger partial charge in [-0.15, -0.1) is 0 Å². The van der Waals surface area contributed by atoms with Gasteiger partial charge in [0, 0.05) is 12.7 Å². The summed E-state index contributed by atoms with van der Waals surface area (Å²) in [5.74, 6) is -0.000650. The van der Waals surface area contributed by atoms with Crippen LogP contribution in [0.25, 0.3) is 0 Å². The molecule has 0 heterocycles.